The Bertz CT molecular complexity index is 1240. The molecule has 4 aromatic rings. The average molecular weight is 513 g/mol. The topological polar surface area (TPSA) is 63.3 Å². The maximum absolute atomic E-state index is 5.02. The fourth-order valence-corrected chi connectivity index (χ4v) is 5.57. The predicted molar refractivity (Wildman–Crippen MR) is 126 cm³/mol. The third-order valence-electron chi connectivity index (χ3n) is 6.56. The summed E-state index contributed by atoms with van der Waals surface area (Å²) in [5, 5.41) is 14.2. The number of nitrogens with zero attached hydrogens (tertiary/aromatic N) is 6. The molecule has 0 radical (unpaired) electrons. The van der Waals surface area contributed by atoms with Gasteiger partial charge in [0, 0.05) is 11.9 Å². The van der Waals surface area contributed by atoms with Crippen molar-refractivity contribution in [3.63, 3.8) is 0 Å². The van der Waals surface area contributed by atoms with Crippen molar-refractivity contribution >= 4 is 45.0 Å². The molecule has 2 aliphatic heterocycles. The van der Waals surface area contributed by atoms with Gasteiger partial charge in [-0.15, -0.1) is 0 Å². The molecular weight excluding hydrogens is 489 g/mol. The minimum atomic E-state index is 0.293. The maximum atomic E-state index is 5.02. The highest BCUT2D eigenvalue weighted by Crippen LogP contribution is 2.34. The van der Waals surface area contributed by atoms with E-state index in [1.54, 1.807) is 6.33 Å². The summed E-state index contributed by atoms with van der Waals surface area (Å²) < 4.78 is 5.30. The van der Waals surface area contributed by atoms with E-state index in [-0.39, 0.29) is 0 Å². The van der Waals surface area contributed by atoms with Crippen LogP contribution in [0.5, 0.6) is 0 Å². The van der Waals surface area contributed by atoms with Gasteiger partial charge >= 0.3 is 0 Å². The second kappa shape index (κ2) is 7.19. The van der Waals surface area contributed by atoms with Crippen molar-refractivity contribution in [3.8, 4) is 0 Å². The van der Waals surface area contributed by atoms with E-state index >= 15 is 0 Å². The van der Waals surface area contributed by atoms with Crippen LogP contribution in [0, 0.1) is 3.57 Å². The van der Waals surface area contributed by atoms with Crippen LogP contribution in [-0.4, -0.2) is 44.0 Å². The molecule has 0 amide bonds. The fourth-order valence-electron chi connectivity index (χ4n) is 5.03. The smallest absolute Gasteiger partial charge is 0.170 e. The van der Waals surface area contributed by atoms with Gasteiger partial charge in [-0.3, -0.25) is 4.68 Å². The minimum Gasteiger partial charge on any atom is -0.348 e. The van der Waals surface area contributed by atoms with Gasteiger partial charge in [0.05, 0.1) is 27.4 Å². The Kier molecular flexibility index (Phi) is 4.45. The van der Waals surface area contributed by atoms with Crippen LogP contribution in [0.4, 0.5) is 5.82 Å². The molecule has 30 heavy (non-hydrogen) atoms. The van der Waals surface area contributed by atoms with E-state index in [9.17, 15) is 0 Å². The van der Waals surface area contributed by atoms with E-state index in [2.05, 4.69) is 84.8 Å². The summed E-state index contributed by atoms with van der Waals surface area (Å²) in [5.41, 5.74) is 4.76. The van der Waals surface area contributed by atoms with Crippen LogP contribution in [0.15, 0.2) is 36.7 Å². The van der Waals surface area contributed by atoms with E-state index < -0.39 is 0 Å². The molecule has 3 aromatic heterocycles. The molecule has 0 spiro atoms. The average Bonchev–Trinajstić information content (AvgIpc) is 3.40. The number of nitrogens with one attached hydrogen (secondary N) is 1. The predicted octanol–water partition coefficient (Wildman–Crippen LogP) is 3.73. The second-order valence-corrected chi connectivity index (χ2v) is 9.62. The fraction of sp³-hybridized carbons (Fsp3) is 0.409. The number of hydrogen-bond acceptors (Lipinski definition) is 5. The van der Waals surface area contributed by atoms with Crippen LogP contribution in [0.25, 0.3) is 16.6 Å². The van der Waals surface area contributed by atoms with Gasteiger partial charge in [-0.05, 0) is 85.1 Å². The number of rotatable bonds is 2. The highest BCUT2D eigenvalue weighted by Gasteiger charge is 2.28. The molecule has 6 rings (SSSR count). The first-order valence-corrected chi connectivity index (χ1v) is 11.7. The number of hydrogen-bond donors (Lipinski definition) is 1. The minimum absolute atomic E-state index is 0.293. The monoisotopic (exact) mass is 513 g/mol. The first kappa shape index (κ1) is 18.6. The molecule has 154 valence electrons. The number of piperidine rings is 1. The van der Waals surface area contributed by atoms with Gasteiger partial charge in [0.2, 0.25) is 0 Å². The van der Waals surface area contributed by atoms with E-state index in [1.165, 1.54) is 29.5 Å². The van der Waals surface area contributed by atoms with Gasteiger partial charge in [0.1, 0.15) is 12.1 Å². The Morgan fingerprint density at radius 3 is 2.87 bits per heavy atom. The summed E-state index contributed by atoms with van der Waals surface area (Å²) in [4.78, 5) is 6.83. The molecule has 0 aliphatic carbocycles. The van der Waals surface area contributed by atoms with Crippen molar-refractivity contribution in [1.82, 2.24) is 29.7 Å². The molecule has 0 saturated carbocycles. The van der Waals surface area contributed by atoms with E-state index in [4.69, 9.17) is 5.10 Å². The largest absolute Gasteiger partial charge is 0.348 e. The first-order valence-electron chi connectivity index (χ1n) is 10.6. The lowest BCUT2D eigenvalue weighted by atomic mass is 9.89. The molecule has 0 bridgehead atoms. The number of halogens is 1. The molecular formula is C22H24IN7. The van der Waals surface area contributed by atoms with Gasteiger partial charge in [0.15, 0.2) is 5.65 Å². The lowest BCUT2D eigenvalue weighted by Crippen LogP contribution is -2.37. The van der Waals surface area contributed by atoms with Crippen molar-refractivity contribution in [3.05, 3.63) is 51.5 Å². The van der Waals surface area contributed by atoms with Gasteiger partial charge in [-0.1, -0.05) is 12.1 Å². The van der Waals surface area contributed by atoms with Crippen molar-refractivity contribution in [2.45, 2.75) is 38.3 Å². The number of pyridine rings is 1. The first-order chi connectivity index (χ1) is 14.7. The Labute approximate surface area is 188 Å². The Morgan fingerprint density at radius 2 is 2.00 bits per heavy atom. The SMILES string of the molecule is C[C@@H]1CN(c2ccc(I)c3ncnn23)Cc2c3ccc(C4CCNCC4)cc3nn21. The number of anilines is 1. The molecule has 0 unspecified atom stereocenters. The lowest BCUT2D eigenvalue weighted by molar-refractivity contribution is 0.427. The van der Waals surface area contributed by atoms with Crippen molar-refractivity contribution in [1.29, 1.82) is 0 Å². The molecule has 1 saturated heterocycles. The number of aromatic nitrogens is 5. The Balaban J connectivity index is 1.39. The highest BCUT2D eigenvalue weighted by atomic mass is 127. The Morgan fingerprint density at radius 1 is 1.13 bits per heavy atom. The molecule has 1 aromatic carbocycles. The molecule has 8 heteroatoms. The van der Waals surface area contributed by atoms with Crippen LogP contribution < -0.4 is 10.2 Å². The standard InChI is InChI=1S/C22H24IN7/c1-14-11-28(21-5-4-18(23)22-25-13-26-30(21)22)12-20-17-3-2-16(10-19(17)27-29(14)20)15-6-8-24-9-7-15/h2-5,10,13-15,24H,6-9,11-12H2,1H3/t14-/m1/s1. The molecule has 1 fully saturated rings. The highest BCUT2D eigenvalue weighted by molar-refractivity contribution is 14.1. The summed E-state index contributed by atoms with van der Waals surface area (Å²) in [6.45, 7) is 6.20. The zero-order valence-electron chi connectivity index (χ0n) is 16.9. The van der Waals surface area contributed by atoms with E-state index in [1.807, 2.05) is 4.52 Å². The normalized spacial score (nSPS) is 20.2. The summed E-state index contributed by atoms with van der Waals surface area (Å²) in [5.74, 6) is 1.73. The zero-order valence-corrected chi connectivity index (χ0v) is 19.1. The molecule has 7 nitrogen and oxygen atoms in total. The van der Waals surface area contributed by atoms with Gasteiger partial charge < -0.3 is 10.2 Å². The zero-order chi connectivity index (χ0) is 20.2. The molecule has 1 atom stereocenters. The number of benzene rings is 1. The van der Waals surface area contributed by atoms with Crippen molar-refractivity contribution in [2.24, 2.45) is 0 Å². The van der Waals surface area contributed by atoms with Crippen LogP contribution in [-0.2, 0) is 6.54 Å². The third kappa shape index (κ3) is 2.91. The molecule has 1 N–H and O–H groups in total. The van der Waals surface area contributed by atoms with E-state index in [0.717, 1.165) is 46.7 Å². The summed E-state index contributed by atoms with van der Waals surface area (Å²) in [7, 11) is 0. The van der Waals surface area contributed by atoms with Gasteiger partial charge in [0.25, 0.3) is 0 Å². The van der Waals surface area contributed by atoms with Crippen molar-refractivity contribution in [2.75, 3.05) is 24.5 Å². The maximum Gasteiger partial charge on any atom is 0.170 e. The molecule has 2 aliphatic rings. The van der Waals surface area contributed by atoms with Gasteiger partial charge in [-0.25, -0.2) is 4.98 Å². The van der Waals surface area contributed by atoms with Gasteiger partial charge in [-0.2, -0.15) is 14.7 Å². The van der Waals surface area contributed by atoms with E-state index in [0.29, 0.717) is 12.0 Å². The second-order valence-electron chi connectivity index (χ2n) is 8.46. The summed E-state index contributed by atoms with van der Waals surface area (Å²) in [6.07, 6.45) is 4.06. The van der Waals surface area contributed by atoms with Crippen LogP contribution in [0.2, 0.25) is 0 Å². The Hall–Kier alpha value is -2.20. The quantitative estimate of drug-likeness (QED) is 0.414. The van der Waals surface area contributed by atoms with Crippen molar-refractivity contribution < 1.29 is 0 Å². The lowest BCUT2D eigenvalue weighted by Gasteiger charge is -2.33. The third-order valence-corrected chi connectivity index (χ3v) is 7.40. The van der Waals surface area contributed by atoms with Crippen LogP contribution >= 0.6 is 22.6 Å². The van der Waals surface area contributed by atoms with Crippen LogP contribution in [0.3, 0.4) is 0 Å². The summed E-state index contributed by atoms with van der Waals surface area (Å²) >= 11 is 2.32. The van der Waals surface area contributed by atoms with Crippen LogP contribution in [0.1, 0.15) is 43.0 Å². The summed E-state index contributed by atoms with van der Waals surface area (Å²) in [6, 6.07) is 11.5. The molecule has 5 heterocycles. The number of fused-ring (bicyclic) bond motifs is 4.